The molecule has 0 radical (unpaired) electrons. The van der Waals surface area contributed by atoms with E-state index in [-0.39, 0.29) is 5.56 Å². The van der Waals surface area contributed by atoms with Crippen LogP contribution in [-0.4, -0.2) is 6.54 Å². The Kier molecular flexibility index (Phi) is 4.32. The first kappa shape index (κ1) is 13.7. The van der Waals surface area contributed by atoms with Crippen LogP contribution in [0.2, 0.25) is 0 Å². The summed E-state index contributed by atoms with van der Waals surface area (Å²) in [5, 5.41) is 3.20. The molecule has 2 aromatic rings. The van der Waals surface area contributed by atoms with E-state index in [1.54, 1.807) is 12.3 Å². The van der Waals surface area contributed by atoms with Gasteiger partial charge in [-0.2, -0.15) is 0 Å². The molecule has 2 nitrogen and oxygen atoms in total. The van der Waals surface area contributed by atoms with Crippen molar-refractivity contribution >= 4 is 0 Å². The molecule has 1 N–H and O–H groups in total. The molecule has 19 heavy (non-hydrogen) atoms. The molecule has 1 unspecified atom stereocenters. The molecule has 0 bridgehead atoms. The maximum Gasteiger partial charge on any atom is 0.164 e. The molecule has 0 spiro atoms. The molecule has 0 saturated carbocycles. The van der Waals surface area contributed by atoms with E-state index in [4.69, 9.17) is 4.42 Å². The predicted octanol–water partition coefficient (Wildman–Crippen LogP) is 3.96. The third-order valence-corrected chi connectivity index (χ3v) is 3.05. The Morgan fingerprint density at radius 1 is 1.26 bits per heavy atom. The van der Waals surface area contributed by atoms with Crippen LogP contribution in [0.25, 0.3) is 0 Å². The van der Waals surface area contributed by atoms with Crippen LogP contribution in [0.1, 0.15) is 36.3 Å². The van der Waals surface area contributed by atoms with Gasteiger partial charge in [-0.05, 0) is 37.6 Å². The van der Waals surface area contributed by atoms with Gasteiger partial charge in [-0.15, -0.1) is 0 Å². The van der Waals surface area contributed by atoms with Gasteiger partial charge in [-0.3, -0.25) is 0 Å². The molecule has 4 heteroatoms. The molecular formula is C15H17F2NO. The third-order valence-electron chi connectivity index (χ3n) is 3.05. The Bertz CT molecular complexity index is 551. The smallest absolute Gasteiger partial charge is 0.164 e. The average Bonchev–Trinajstić information content (AvgIpc) is 2.81. The summed E-state index contributed by atoms with van der Waals surface area (Å²) in [5.41, 5.74) is 1.18. The fourth-order valence-corrected chi connectivity index (χ4v) is 2.06. The van der Waals surface area contributed by atoms with Gasteiger partial charge in [0.1, 0.15) is 5.76 Å². The van der Waals surface area contributed by atoms with Gasteiger partial charge in [0.15, 0.2) is 11.6 Å². The third kappa shape index (κ3) is 2.84. The Morgan fingerprint density at radius 3 is 2.68 bits per heavy atom. The maximum absolute atomic E-state index is 13.9. The van der Waals surface area contributed by atoms with Crippen molar-refractivity contribution in [1.29, 1.82) is 0 Å². The second-order valence-corrected chi connectivity index (χ2v) is 4.50. The lowest BCUT2D eigenvalue weighted by Crippen LogP contribution is -2.24. The first-order chi connectivity index (χ1) is 9.15. The number of furan rings is 1. The van der Waals surface area contributed by atoms with Crippen molar-refractivity contribution in [3.63, 3.8) is 0 Å². The zero-order valence-corrected chi connectivity index (χ0v) is 11.0. The summed E-state index contributed by atoms with van der Waals surface area (Å²) in [5.74, 6) is -1.05. The van der Waals surface area contributed by atoms with Crippen molar-refractivity contribution in [3.8, 4) is 0 Å². The first-order valence-corrected chi connectivity index (χ1v) is 6.36. The lowest BCUT2D eigenvalue weighted by Gasteiger charge is -2.18. The summed E-state index contributed by atoms with van der Waals surface area (Å²) >= 11 is 0. The van der Waals surface area contributed by atoms with Gasteiger partial charge in [-0.1, -0.05) is 19.1 Å². The van der Waals surface area contributed by atoms with Crippen molar-refractivity contribution in [3.05, 3.63) is 59.1 Å². The zero-order valence-electron chi connectivity index (χ0n) is 11.0. The quantitative estimate of drug-likeness (QED) is 0.885. The van der Waals surface area contributed by atoms with Crippen LogP contribution in [0, 0.1) is 18.6 Å². The van der Waals surface area contributed by atoms with Crippen molar-refractivity contribution in [2.24, 2.45) is 0 Å². The standard InChI is InChI=1S/C15H17F2NO/c1-3-8-18-14(15-10(2)7-9-19-15)11-5-4-6-12(16)13(11)17/h4-7,9,14,18H,3,8H2,1-2H3. The van der Waals surface area contributed by atoms with Gasteiger partial charge in [0.05, 0.1) is 12.3 Å². The lowest BCUT2D eigenvalue weighted by atomic mass is 10.0. The molecule has 0 saturated heterocycles. The van der Waals surface area contributed by atoms with Crippen molar-refractivity contribution in [2.75, 3.05) is 6.54 Å². The summed E-state index contributed by atoms with van der Waals surface area (Å²) in [4.78, 5) is 0. The molecule has 0 aliphatic heterocycles. The molecule has 0 amide bonds. The zero-order chi connectivity index (χ0) is 13.8. The first-order valence-electron chi connectivity index (χ1n) is 6.36. The number of hydrogen-bond acceptors (Lipinski definition) is 2. The molecule has 0 fully saturated rings. The van der Waals surface area contributed by atoms with E-state index < -0.39 is 17.7 Å². The Hall–Kier alpha value is -1.68. The van der Waals surface area contributed by atoms with Crippen molar-refractivity contribution < 1.29 is 13.2 Å². The summed E-state index contributed by atoms with van der Waals surface area (Å²) in [6, 6.07) is 5.55. The molecule has 1 heterocycles. The van der Waals surface area contributed by atoms with E-state index in [9.17, 15) is 8.78 Å². The predicted molar refractivity (Wildman–Crippen MR) is 69.9 cm³/mol. The fourth-order valence-electron chi connectivity index (χ4n) is 2.06. The van der Waals surface area contributed by atoms with E-state index in [1.807, 2.05) is 19.9 Å². The molecule has 1 aromatic carbocycles. The number of hydrogen-bond donors (Lipinski definition) is 1. The second-order valence-electron chi connectivity index (χ2n) is 4.50. The average molecular weight is 265 g/mol. The molecule has 0 aliphatic rings. The van der Waals surface area contributed by atoms with Crippen LogP contribution in [0.3, 0.4) is 0 Å². The van der Waals surface area contributed by atoms with Crippen molar-refractivity contribution in [2.45, 2.75) is 26.3 Å². The summed E-state index contributed by atoms with van der Waals surface area (Å²) in [6.45, 7) is 4.60. The summed E-state index contributed by atoms with van der Waals surface area (Å²) < 4.78 is 32.7. The highest BCUT2D eigenvalue weighted by Gasteiger charge is 2.23. The van der Waals surface area contributed by atoms with E-state index >= 15 is 0 Å². The van der Waals surface area contributed by atoms with Crippen LogP contribution in [0.15, 0.2) is 34.9 Å². The monoisotopic (exact) mass is 265 g/mol. The van der Waals surface area contributed by atoms with Crippen LogP contribution in [-0.2, 0) is 0 Å². The van der Waals surface area contributed by atoms with Gasteiger partial charge >= 0.3 is 0 Å². The second kappa shape index (κ2) is 5.97. The van der Waals surface area contributed by atoms with Crippen molar-refractivity contribution in [1.82, 2.24) is 5.32 Å². The van der Waals surface area contributed by atoms with Crippen LogP contribution < -0.4 is 5.32 Å². The SMILES string of the molecule is CCCNC(c1cccc(F)c1F)c1occc1C. The molecule has 1 aromatic heterocycles. The summed E-state index contributed by atoms with van der Waals surface area (Å²) in [6.07, 6.45) is 2.45. The van der Waals surface area contributed by atoms with E-state index in [1.165, 1.54) is 6.07 Å². The lowest BCUT2D eigenvalue weighted by molar-refractivity contribution is 0.423. The van der Waals surface area contributed by atoms with Gasteiger partial charge in [0, 0.05) is 5.56 Å². The number of halogens is 2. The van der Waals surface area contributed by atoms with Gasteiger partial charge in [-0.25, -0.2) is 8.78 Å². The topological polar surface area (TPSA) is 25.2 Å². The van der Waals surface area contributed by atoms with Crippen LogP contribution >= 0.6 is 0 Å². The van der Waals surface area contributed by atoms with Gasteiger partial charge in [0.25, 0.3) is 0 Å². The largest absolute Gasteiger partial charge is 0.467 e. The molecule has 0 aliphatic carbocycles. The minimum Gasteiger partial charge on any atom is -0.467 e. The molecule has 2 rings (SSSR count). The summed E-state index contributed by atoms with van der Waals surface area (Å²) in [7, 11) is 0. The Labute approximate surface area is 111 Å². The molecule has 102 valence electrons. The van der Waals surface area contributed by atoms with E-state index in [0.717, 1.165) is 18.1 Å². The highest BCUT2D eigenvalue weighted by Crippen LogP contribution is 2.28. The maximum atomic E-state index is 13.9. The number of aryl methyl sites for hydroxylation is 1. The Morgan fingerprint density at radius 2 is 2.05 bits per heavy atom. The minimum absolute atomic E-state index is 0.270. The number of benzene rings is 1. The van der Waals surface area contributed by atoms with Crippen LogP contribution in [0.4, 0.5) is 8.78 Å². The minimum atomic E-state index is -0.843. The van der Waals surface area contributed by atoms with Crippen LogP contribution in [0.5, 0.6) is 0 Å². The molecular weight excluding hydrogens is 248 g/mol. The van der Waals surface area contributed by atoms with Gasteiger partial charge < -0.3 is 9.73 Å². The van der Waals surface area contributed by atoms with Gasteiger partial charge in [0.2, 0.25) is 0 Å². The highest BCUT2D eigenvalue weighted by atomic mass is 19.2. The highest BCUT2D eigenvalue weighted by molar-refractivity contribution is 5.32. The number of nitrogens with one attached hydrogen (secondary N) is 1. The Balaban J connectivity index is 2.43. The molecule has 1 atom stereocenters. The number of rotatable bonds is 5. The fraction of sp³-hybridized carbons (Fsp3) is 0.333. The van der Waals surface area contributed by atoms with E-state index in [2.05, 4.69) is 5.32 Å². The normalized spacial score (nSPS) is 12.6. The van der Waals surface area contributed by atoms with E-state index in [0.29, 0.717) is 12.3 Å².